The SMILES string of the molecule is CCCCCCCCCCCCCCOc1ccc(C(=O)Oc2ccc(C(=O)O)cc2)cc1. The summed E-state index contributed by atoms with van der Waals surface area (Å²) in [6, 6.07) is 12.6. The largest absolute Gasteiger partial charge is 0.494 e. The van der Waals surface area contributed by atoms with Crippen LogP contribution < -0.4 is 9.47 Å². The number of carboxylic acid groups (broad SMARTS) is 1. The highest BCUT2D eigenvalue weighted by Crippen LogP contribution is 2.17. The molecule has 0 aromatic heterocycles. The molecule has 0 amide bonds. The average Bonchev–Trinajstić information content (AvgIpc) is 2.82. The van der Waals surface area contributed by atoms with Gasteiger partial charge in [-0.2, -0.15) is 0 Å². The lowest BCUT2D eigenvalue weighted by molar-refractivity contribution is 0.0696. The van der Waals surface area contributed by atoms with Crippen LogP contribution >= 0.6 is 0 Å². The van der Waals surface area contributed by atoms with Crippen LogP contribution in [0.2, 0.25) is 0 Å². The minimum atomic E-state index is -1.02. The van der Waals surface area contributed by atoms with Crippen LogP contribution in [-0.2, 0) is 0 Å². The Kier molecular flexibility index (Phi) is 12.7. The summed E-state index contributed by atoms with van der Waals surface area (Å²) in [5.74, 6) is -0.477. The molecule has 33 heavy (non-hydrogen) atoms. The molecular formula is C28H38O5. The van der Waals surface area contributed by atoms with Gasteiger partial charge < -0.3 is 14.6 Å². The van der Waals surface area contributed by atoms with Gasteiger partial charge in [0.15, 0.2) is 0 Å². The third-order valence-corrected chi connectivity index (χ3v) is 5.67. The smallest absolute Gasteiger partial charge is 0.343 e. The van der Waals surface area contributed by atoms with Gasteiger partial charge >= 0.3 is 11.9 Å². The van der Waals surface area contributed by atoms with Crippen molar-refractivity contribution in [3.63, 3.8) is 0 Å². The van der Waals surface area contributed by atoms with E-state index in [-0.39, 0.29) is 5.56 Å². The standard InChI is InChI=1S/C28H38O5/c1-2-3-4-5-6-7-8-9-10-11-12-13-22-32-25-18-16-24(17-19-25)28(31)33-26-20-14-23(15-21-26)27(29)30/h14-21H,2-13,22H2,1H3,(H,29,30). The first-order valence-electron chi connectivity index (χ1n) is 12.4. The molecule has 2 aromatic rings. The third-order valence-electron chi connectivity index (χ3n) is 5.67. The van der Waals surface area contributed by atoms with Crippen LogP contribution in [0.15, 0.2) is 48.5 Å². The molecule has 0 aliphatic rings. The summed E-state index contributed by atoms with van der Waals surface area (Å²) in [6.45, 7) is 2.94. The summed E-state index contributed by atoms with van der Waals surface area (Å²) in [5, 5.41) is 8.91. The van der Waals surface area contributed by atoms with Gasteiger partial charge in [0.25, 0.3) is 0 Å². The molecule has 0 heterocycles. The third kappa shape index (κ3) is 11.0. The van der Waals surface area contributed by atoms with Gasteiger partial charge in [-0.3, -0.25) is 0 Å². The van der Waals surface area contributed by atoms with Crippen molar-refractivity contribution in [2.45, 2.75) is 84.0 Å². The first-order valence-corrected chi connectivity index (χ1v) is 12.4. The topological polar surface area (TPSA) is 72.8 Å². The van der Waals surface area contributed by atoms with Gasteiger partial charge in [-0.15, -0.1) is 0 Å². The van der Waals surface area contributed by atoms with Gasteiger partial charge in [0, 0.05) is 0 Å². The van der Waals surface area contributed by atoms with Crippen LogP contribution in [0.3, 0.4) is 0 Å². The summed E-state index contributed by atoms with van der Waals surface area (Å²) in [4.78, 5) is 23.1. The Morgan fingerprint density at radius 1 is 0.636 bits per heavy atom. The average molecular weight is 455 g/mol. The zero-order chi connectivity index (χ0) is 23.7. The van der Waals surface area contributed by atoms with E-state index in [4.69, 9.17) is 14.6 Å². The van der Waals surface area contributed by atoms with E-state index in [2.05, 4.69) is 6.92 Å². The van der Waals surface area contributed by atoms with Gasteiger partial charge in [-0.1, -0.05) is 77.6 Å². The van der Waals surface area contributed by atoms with E-state index in [9.17, 15) is 9.59 Å². The molecule has 0 saturated heterocycles. The van der Waals surface area contributed by atoms with E-state index >= 15 is 0 Å². The van der Waals surface area contributed by atoms with Crippen molar-refractivity contribution >= 4 is 11.9 Å². The Morgan fingerprint density at radius 3 is 1.61 bits per heavy atom. The minimum absolute atomic E-state index is 0.143. The normalized spacial score (nSPS) is 10.7. The number of ether oxygens (including phenoxy) is 2. The van der Waals surface area contributed by atoms with E-state index < -0.39 is 11.9 Å². The maximum Gasteiger partial charge on any atom is 0.343 e. The number of esters is 1. The summed E-state index contributed by atoms with van der Waals surface area (Å²) in [6.07, 6.45) is 15.8. The lowest BCUT2D eigenvalue weighted by Crippen LogP contribution is -2.08. The maximum atomic E-state index is 12.3. The molecule has 2 rings (SSSR count). The van der Waals surface area contributed by atoms with Crippen LogP contribution in [-0.4, -0.2) is 23.7 Å². The predicted molar refractivity (Wildman–Crippen MR) is 131 cm³/mol. The fraction of sp³-hybridized carbons (Fsp3) is 0.500. The molecule has 0 saturated carbocycles. The van der Waals surface area contributed by atoms with Crippen molar-refractivity contribution < 1.29 is 24.2 Å². The van der Waals surface area contributed by atoms with Gasteiger partial charge in [0.2, 0.25) is 0 Å². The Hall–Kier alpha value is -2.82. The quantitative estimate of drug-likeness (QED) is 0.151. The Bertz CT molecular complexity index is 811. The van der Waals surface area contributed by atoms with Crippen molar-refractivity contribution in [3.8, 4) is 11.5 Å². The zero-order valence-electron chi connectivity index (χ0n) is 19.9. The monoisotopic (exact) mass is 454 g/mol. The molecule has 0 unspecified atom stereocenters. The molecule has 2 aromatic carbocycles. The second kappa shape index (κ2) is 15.9. The van der Waals surface area contributed by atoms with Gasteiger partial charge in [-0.05, 0) is 55.0 Å². The van der Waals surface area contributed by atoms with E-state index in [0.717, 1.165) is 12.2 Å². The fourth-order valence-electron chi connectivity index (χ4n) is 3.65. The molecular weight excluding hydrogens is 416 g/mol. The molecule has 1 N–H and O–H groups in total. The van der Waals surface area contributed by atoms with Gasteiger partial charge in [0.05, 0.1) is 17.7 Å². The predicted octanol–water partition coefficient (Wildman–Crippen LogP) is 7.68. The number of carbonyl (C=O) groups is 2. The van der Waals surface area contributed by atoms with Crippen LogP contribution in [0.5, 0.6) is 11.5 Å². The van der Waals surface area contributed by atoms with Gasteiger partial charge in [0.1, 0.15) is 11.5 Å². The van der Waals surface area contributed by atoms with E-state index in [0.29, 0.717) is 17.9 Å². The summed E-state index contributed by atoms with van der Waals surface area (Å²) in [5.41, 5.74) is 0.555. The maximum absolute atomic E-state index is 12.3. The van der Waals surface area contributed by atoms with Crippen LogP contribution in [0.4, 0.5) is 0 Å². The summed E-state index contributed by atoms with van der Waals surface area (Å²) < 4.78 is 11.1. The number of aromatic carboxylic acids is 1. The Morgan fingerprint density at radius 2 is 1.09 bits per heavy atom. The molecule has 5 nitrogen and oxygen atoms in total. The molecule has 0 aliphatic carbocycles. The molecule has 0 radical (unpaired) electrons. The second-order valence-electron chi connectivity index (χ2n) is 8.48. The minimum Gasteiger partial charge on any atom is -0.494 e. The number of carbonyl (C=O) groups excluding carboxylic acids is 1. The number of rotatable bonds is 17. The van der Waals surface area contributed by atoms with Crippen LogP contribution in [0.25, 0.3) is 0 Å². The number of hydrogen-bond donors (Lipinski definition) is 1. The molecule has 0 fully saturated rings. The summed E-state index contributed by atoms with van der Waals surface area (Å²) in [7, 11) is 0. The molecule has 5 heteroatoms. The molecule has 0 aliphatic heterocycles. The Balaban J connectivity index is 1.54. The molecule has 0 atom stereocenters. The van der Waals surface area contributed by atoms with Crippen molar-refractivity contribution in [1.29, 1.82) is 0 Å². The van der Waals surface area contributed by atoms with Crippen molar-refractivity contribution in [3.05, 3.63) is 59.7 Å². The molecule has 0 spiro atoms. The highest BCUT2D eigenvalue weighted by Gasteiger charge is 2.10. The number of hydrogen-bond acceptors (Lipinski definition) is 4. The Labute approximate surface area is 198 Å². The fourth-order valence-corrected chi connectivity index (χ4v) is 3.65. The van der Waals surface area contributed by atoms with Crippen molar-refractivity contribution in [1.82, 2.24) is 0 Å². The molecule has 180 valence electrons. The van der Waals surface area contributed by atoms with Crippen molar-refractivity contribution in [2.75, 3.05) is 6.61 Å². The number of unbranched alkanes of at least 4 members (excludes halogenated alkanes) is 11. The van der Waals surface area contributed by atoms with Gasteiger partial charge in [-0.25, -0.2) is 9.59 Å². The van der Waals surface area contributed by atoms with Crippen LogP contribution in [0.1, 0.15) is 105 Å². The first kappa shape index (κ1) is 26.4. The lowest BCUT2D eigenvalue weighted by Gasteiger charge is -2.08. The van der Waals surface area contributed by atoms with E-state index in [1.807, 2.05) is 0 Å². The highest BCUT2D eigenvalue weighted by molar-refractivity contribution is 5.91. The number of benzene rings is 2. The molecule has 0 bridgehead atoms. The number of carboxylic acids is 1. The van der Waals surface area contributed by atoms with Crippen molar-refractivity contribution in [2.24, 2.45) is 0 Å². The zero-order valence-corrected chi connectivity index (χ0v) is 19.9. The van der Waals surface area contributed by atoms with E-state index in [1.54, 1.807) is 24.3 Å². The van der Waals surface area contributed by atoms with E-state index in [1.165, 1.54) is 94.9 Å². The lowest BCUT2D eigenvalue weighted by atomic mass is 10.1. The second-order valence-corrected chi connectivity index (χ2v) is 8.48. The highest BCUT2D eigenvalue weighted by atomic mass is 16.5. The first-order chi connectivity index (χ1) is 16.1. The summed E-state index contributed by atoms with van der Waals surface area (Å²) >= 11 is 0. The van der Waals surface area contributed by atoms with Crippen LogP contribution in [0, 0.1) is 0 Å².